The van der Waals surface area contributed by atoms with Gasteiger partial charge in [-0.2, -0.15) is 0 Å². The Labute approximate surface area is 109 Å². The summed E-state index contributed by atoms with van der Waals surface area (Å²) in [4.78, 5) is 11.7. The van der Waals surface area contributed by atoms with Gasteiger partial charge in [-0.05, 0) is 43.7 Å². The number of aryl methyl sites for hydroxylation is 1. The number of carbonyl (C=O) groups is 1. The van der Waals surface area contributed by atoms with Crippen molar-refractivity contribution in [3.05, 3.63) is 47.5 Å². The maximum absolute atomic E-state index is 11.7. The fraction of sp³-hybridized carbons (Fsp3) is 0.438. The molecule has 0 bridgehead atoms. The van der Waals surface area contributed by atoms with Crippen LogP contribution in [0, 0.1) is 0 Å². The third-order valence-corrected chi connectivity index (χ3v) is 3.41. The Morgan fingerprint density at radius 1 is 1.28 bits per heavy atom. The van der Waals surface area contributed by atoms with Crippen LogP contribution in [-0.2, 0) is 16.0 Å². The van der Waals surface area contributed by atoms with Crippen LogP contribution >= 0.6 is 0 Å². The lowest BCUT2D eigenvalue weighted by molar-refractivity contribution is -0.145. The van der Waals surface area contributed by atoms with Crippen molar-refractivity contribution in [2.45, 2.75) is 45.1 Å². The van der Waals surface area contributed by atoms with Crippen LogP contribution in [0.15, 0.2) is 36.4 Å². The second kappa shape index (κ2) is 5.85. The summed E-state index contributed by atoms with van der Waals surface area (Å²) < 4.78 is 5.58. The highest BCUT2D eigenvalue weighted by molar-refractivity contribution is 5.87. The lowest BCUT2D eigenvalue weighted by atomic mass is 9.91. The molecule has 0 saturated heterocycles. The predicted molar refractivity (Wildman–Crippen MR) is 72.3 cm³/mol. The average Bonchev–Trinajstić information content (AvgIpc) is 2.34. The standard InChI is InChI=1S/C16H20O2/c1-12(2)16(17)18-15-11-5-3-4-8-13-9-6-7-10-14(13)15/h6-7,9-10,15H,1,3-5,8,11H2,2H3. The number of hydrogen-bond donors (Lipinski definition) is 0. The second-order valence-electron chi connectivity index (χ2n) is 4.97. The Kier molecular flexibility index (Phi) is 4.19. The molecule has 1 aromatic rings. The van der Waals surface area contributed by atoms with E-state index in [9.17, 15) is 4.79 Å². The number of hydrogen-bond acceptors (Lipinski definition) is 2. The van der Waals surface area contributed by atoms with Gasteiger partial charge >= 0.3 is 5.97 Å². The Hall–Kier alpha value is -1.57. The van der Waals surface area contributed by atoms with Crippen LogP contribution in [0.5, 0.6) is 0 Å². The number of esters is 1. The van der Waals surface area contributed by atoms with Crippen molar-refractivity contribution in [2.24, 2.45) is 0 Å². The molecule has 1 aromatic carbocycles. The zero-order valence-corrected chi connectivity index (χ0v) is 10.9. The number of ether oxygens (including phenoxy) is 1. The Balaban J connectivity index is 2.23. The van der Waals surface area contributed by atoms with Gasteiger partial charge in [0.1, 0.15) is 6.10 Å². The third kappa shape index (κ3) is 3.00. The van der Waals surface area contributed by atoms with Crippen LogP contribution in [0.4, 0.5) is 0 Å². The summed E-state index contributed by atoms with van der Waals surface area (Å²) in [5.74, 6) is -0.282. The highest BCUT2D eigenvalue weighted by Crippen LogP contribution is 2.31. The van der Waals surface area contributed by atoms with Crippen LogP contribution in [0.1, 0.15) is 49.8 Å². The van der Waals surface area contributed by atoms with E-state index >= 15 is 0 Å². The quantitative estimate of drug-likeness (QED) is 0.581. The SMILES string of the molecule is C=C(C)C(=O)OC1CCCCCc2ccccc21. The third-order valence-electron chi connectivity index (χ3n) is 3.41. The van der Waals surface area contributed by atoms with Gasteiger partial charge in [-0.15, -0.1) is 0 Å². The average molecular weight is 244 g/mol. The molecule has 2 heteroatoms. The molecule has 1 atom stereocenters. The minimum atomic E-state index is -0.282. The molecule has 18 heavy (non-hydrogen) atoms. The molecule has 0 amide bonds. The largest absolute Gasteiger partial charge is 0.454 e. The fourth-order valence-corrected chi connectivity index (χ4v) is 2.41. The van der Waals surface area contributed by atoms with E-state index in [4.69, 9.17) is 4.74 Å². The number of benzene rings is 1. The van der Waals surface area contributed by atoms with Gasteiger partial charge < -0.3 is 4.74 Å². The minimum absolute atomic E-state index is 0.106. The van der Waals surface area contributed by atoms with E-state index in [-0.39, 0.29) is 12.1 Å². The van der Waals surface area contributed by atoms with Crippen LogP contribution in [0.2, 0.25) is 0 Å². The summed E-state index contributed by atoms with van der Waals surface area (Å²) in [6.45, 7) is 5.34. The zero-order valence-electron chi connectivity index (χ0n) is 10.9. The van der Waals surface area contributed by atoms with E-state index in [0.29, 0.717) is 5.57 Å². The van der Waals surface area contributed by atoms with Gasteiger partial charge in [0.15, 0.2) is 0 Å². The highest BCUT2D eigenvalue weighted by atomic mass is 16.5. The molecular formula is C16H20O2. The maximum Gasteiger partial charge on any atom is 0.333 e. The summed E-state index contributed by atoms with van der Waals surface area (Å²) in [5.41, 5.74) is 2.96. The van der Waals surface area contributed by atoms with Gasteiger partial charge in [0.2, 0.25) is 0 Å². The molecule has 0 aromatic heterocycles. The molecule has 2 rings (SSSR count). The summed E-state index contributed by atoms with van der Waals surface area (Å²) in [7, 11) is 0. The molecule has 2 nitrogen and oxygen atoms in total. The van der Waals surface area contributed by atoms with Crippen molar-refractivity contribution >= 4 is 5.97 Å². The van der Waals surface area contributed by atoms with E-state index in [1.807, 2.05) is 6.07 Å². The van der Waals surface area contributed by atoms with Crippen molar-refractivity contribution in [1.29, 1.82) is 0 Å². The summed E-state index contributed by atoms with van der Waals surface area (Å²) in [5, 5.41) is 0. The molecular weight excluding hydrogens is 224 g/mol. The highest BCUT2D eigenvalue weighted by Gasteiger charge is 2.21. The van der Waals surface area contributed by atoms with E-state index in [0.717, 1.165) is 19.3 Å². The lowest BCUT2D eigenvalue weighted by Crippen LogP contribution is -2.15. The Bertz CT molecular complexity index is 448. The summed E-state index contributed by atoms with van der Waals surface area (Å²) in [6.07, 6.45) is 5.43. The number of carbonyl (C=O) groups excluding carboxylic acids is 1. The van der Waals surface area contributed by atoms with E-state index in [1.54, 1.807) is 6.92 Å². The molecule has 0 N–H and O–H groups in total. The summed E-state index contributed by atoms with van der Waals surface area (Å²) in [6, 6.07) is 8.29. The zero-order chi connectivity index (χ0) is 13.0. The first-order valence-electron chi connectivity index (χ1n) is 6.63. The van der Waals surface area contributed by atoms with Gasteiger partial charge in [0.25, 0.3) is 0 Å². The summed E-state index contributed by atoms with van der Waals surface area (Å²) >= 11 is 0. The maximum atomic E-state index is 11.7. The van der Waals surface area contributed by atoms with E-state index < -0.39 is 0 Å². The van der Waals surface area contributed by atoms with Crippen LogP contribution in [0.3, 0.4) is 0 Å². The molecule has 1 unspecified atom stereocenters. The molecule has 0 heterocycles. The molecule has 0 saturated carbocycles. The fourth-order valence-electron chi connectivity index (χ4n) is 2.41. The number of rotatable bonds is 2. The van der Waals surface area contributed by atoms with Gasteiger partial charge in [-0.3, -0.25) is 0 Å². The van der Waals surface area contributed by atoms with Crippen molar-refractivity contribution in [3.63, 3.8) is 0 Å². The van der Waals surface area contributed by atoms with Gasteiger partial charge in [-0.1, -0.05) is 37.3 Å². The van der Waals surface area contributed by atoms with Crippen LogP contribution < -0.4 is 0 Å². The van der Waals surface area contributed by atoms with Gasteiger partial charge in [0.05, 0.1) is 0 Å². The van der Waals surface area contributed by atoms with Crippen molar-refractivity contribution < 1.29 is 9.53 Å². The molecule has 96 valence electrons. The monoisotopic (exact) mass is 244 g/mol. The van der Waals surface area contributed by atoms with Crippen molar-refractivity contribution in [2.75, 3.05) is 0 Å². The molecule has 0 aliphatic heterocycles. The lowest BCUT2D eigenvalue weighted by Gasteiger charge is -2.23. The van der Waals surface area contributed by atoms with Gasteiger partial charge in [-0.25, -0.2) is 4.79 Å². The predicted octanol–water partition coefficient (Wildman–Crippen LogP) is 3.96. The van der Waals surface area contributed by atoms with E-state index in [1.165, 1.54) is 24.0 Å². The van der Waals surface area contributed by atoms with Crippen molar-refractivity contribution in [1.82, 2.24) is 0 Å². The number of fused-ring (bicyclic) bond motifs is 1. The minimum Gasteiger partial charge on any atom is -0.454 e. The van der Waals surface area contributed by atoms with Crippen LogP contribution in [0.25, 0.3) is 0 Å². The molecule has 0 radical (unpaired) electrons. The molecule has 1 aliphatic rings. The topological polar surface area (TPSA) is 26.3 Å². The Morgan fingerprint density at radius 3 is 2.83 bits per heavy atom. The smallest absolute Gasteiger partial charge is 0.333 e. The van der Waals surface area contributed by atoms with Crippen molar-refractivity contribution in [3.8, 4) is 0 Å². The normalized spacial score (nSPS) is 19.3. The first kappa shape index (κ1) is 12.9. The van der Waals surface area contributed by atoms with E-state index in [2.05, 4.69) is 24.8 Å². The second-order valence-corrected chi connectivity index (χ2v) is 4.97. The molecule has 0 spiro atoms. The molecule has 1 aliphatic carbocycles. The first-order chi connectivity index (χ1) is 8.68. The molecule has 0 fully saturated rings. The van der Waals surface area contributed by atoms with Gasteiger partial charge in [0, 0.05) is 5.57 Å². The first-order valence-corrected chi connectivity index (χ1v) is 6.63. The van der Waals surface area contributed by atoms with Crippen LogP contribution in [-0.4, -0.2) is 5.97 Å². The Morgan fingerprint density at radius 2 is 2.06 bits per heavy atom.